The van der Waals surface area contributed by atoms with Crippen LogP contribution in [0.1, 0.15) is 32.1 Å². The number of thioether (sulfide) groups is 1. The van der Waals surface area contributed by atoms with Crippen molar-refractivity contribution in [3.63, 3.8) is 0 Å². The van der Waals surface area contributed by atoms with Gasteiger partial charge in [-0.25, -0.2) is 4.98 Å². The third-order valence-corrected chi connectivity index (χ3v) is 8.64. The van der Waals surface area contributed by atoms with Crippen LogP contribution in [0.5, 0.6) is 5.75 Å². The molecule has 6 heteroatoms. The van der Waals surface area contributed by atoms with Crippen LogP contribution in [0.2, 0.25) is 0 Å². The van der Waals surface area contributed by atoms with Crippen molar-refractivity contribution in [1.82, 2.24) is 14.9 Å². The molecule has 3 aromatic rings. The second-order valence-corrected chi connectivity index (χ2v) is 10.8. The first-order valence-electron chi connectivity index (χ1n) is 12.6. The van der Waals surface area contributed by atoms with Gasteiger partial charge in [0.1, 0.15) is 5.75 Å². The minimum absolute atomic E-state index is 0.547. The molecule has 3 heterocycles. The minimum atomic E-state index is 0.547. The first kappa shape index (κ1) is 23.3. The largest absolute Gasteiger partial charge is 0.495 e. The van der Waals surface area contributed by atoms with Crippen LogP contribution in [0.25, 0.3) is 11.3 Å². The fraction of sp³-hybridized carbons (Fsp3) is 0.464. The van der Waals surface area contributed by atoms with Gasteiger partial charge in [0.15, 0.2) is 5.16 Å². The van der Waals surface area contributed by atoms with E-state index in [9.17, 15) is 0 Å². The first-order chi connectivity index (χ1) is 16.7. The predicted octanol–water partition coefficient (Wildman–Crippen LogP) is 5.95. The maximum Gasteiger partial charge on any atom is 0.165 e. The fourth-order valence-corrected chi connectivity index (χ4v) is 6.24. The highest BCUT2D eigenvalue weighted by Gasteiger charge is 2.37. The van der Waals surface area contributed by atoms with E-state index >= 15 is 0 Å². The van der Waals surface area contributed by atoms with E-state index in [2.05, 4.69) is 68.3 Å². The van der Waals surface area contributed by atoms with Crippen molar-refractivity contribution in [2.24, 2.45) is 5.41 Å². The SMILES string of the molecule is COc1ccccc1N1CCC2(CCN(CCCSc3ncc(-c4ccccc4)[nH]3)CC2)CC1. The van der Waals surface area contributed by atoms with E-state index < -0.39 is 0 Å². The van der Waals surface area contributed by atoms with Gasteiger partial charge in [0, 0.05) is 18.8 Å². The molecule has 0 aliphatic carbocycles. The lowest BCUT2D eigenvalue weighted by atomic mass is 9.71. The number of anilines is 1. The van der Waals surface area contributed by atoms with Crippen molar-refractivity contribution in [2.75, 3.05) is 50.5 Å². The summed E-state index contributed by atoms with van der Waals surface area (Å²) < 4.78 is 5.59. The number of hydrogen-bond acceptors (Lipinski definition) is 5. The van der Waals surface area contributed by atoms with Gasteiger partial charge in [-0.15, -0.1) is 0 Å². The third-order valence-electron chi connectivity index (χ3n) is 7.66. The average molecular weight is 477 g/mol. The van der Waals surface area contributed by atoms with Crippen LogP contribution in [-0.4, -0.2) is 60.5 Å². The Morgan fingerprint density at radius 2 is 1.65 bits per heavy atom. The van der Waals surface area contributed by atoms with Gasteiger partial charge in [-0.1, -0.05) is 54.2 Å². The lowest BCUT2D eigenvalue weighted by Gasteiger charge is -2.47. The molecule has 0 amide bonds. The summed E-state index contributed by atoms with van der Waals surface area (Å²) in [4.78, 5) is 13.2. The lowest BCUT2D eigenvalue weighted by molar-refractivity contribution is 0.0801. The molecule has 0 unspecified atom stereocenters. The topological polar surface area (TPSA) is 44.4 Å². The number of hydrogen-bond donors (Lipinski definition) is 1. The highest BCUT2D eigenvalue weighted by molar-refractivity contribution is 7.99. The molecule has 1 spiro atoms. The van der Waals surface area contributed by atoms with Crippen LogP contribution in [-0.2, 0) is 0 Å². The van der Waals surface area contributed by atoms with E-state index in [1.165, 1.54) is 63.0 Å². The second kappa shape index (κ2) is 10.9. The molecule has 0 atom stereocenters. The molecule has 1 N–H and O–H groups in total. The standard InChI is InChI=1S/C28H36N4OS/c1-33-26-11-6-5-10-25(26)32-19-14-28(15-20-32)12-17-31(18-13-28)16-7-21-34-27-29-22-24(30-27)23-8-3-2-4-9-23/h2-6,8-11,22H,7,12-21H2,1H3,(H,29,30). The molecule has 5 nitrogen and oxygen atoms in total. The van der Waals surface area contributed by atoms with Gasteiger partial charge >= 0.3 is 0 Å². The summed E-state index contributed by atoms with van der Waals surface area (Å²) in [5.74, 6) is 2.11. The molecule has 0 bridgehead atoms. The molecular weight excluding hydrogens is 440 g/mol. The van der Waals surface area contributed by atoms with Crippen LogP contribution in [0.3, 0.4) is 0 Å². The maximum absolute atomic E-state index is 5.59. The average Bonchev–Trinajstić information content (AvgIpc) is 3.38. The molecule has 5 rings (SSSR count). The van der Waals surface area contributed by atoms with Crippen LogP contribution in [0, 0.1) is 5.41 Å². The maximum atomic E-state index is 5.59. The van der Waals surface area contributed by atoms with E-state index in [4.69, 9.17) is 4.74 Å². The van der Waals surface area contributed by atoms with Gasteiger partial charge in [-0.3, -0.25) is 0 Å². The molecule has 180 valence electrons. The summed E-state index contributed by atoms with van der Waals surface area (Å²) in [7, 11) is 1.77. The number of benzene rings is 2. The Labute approximate surface area is 207 Å². The Bertz CT molecular complexity index is 1040. The van der Waals surface area contributed by atoms with E-state index in [1.54, 1.807) is 7.11 Å². The number of ether oxygens (including phenoxy) is 1. The van der Waals surface area contributed by atoms with E-state index in [1.807, 2.05) is 24.0 Å². The highest BCUT2D eigenvalue weighted by Crippen LogP contribution is 2.43. The van der Waals surface area contributed by atoms with E-state index in [0.29, 0.717) is 5.41 Å². The number of likely N-dealkylation sites (tertiary alicyclic amines) is 1. The number of nitrogens with one attached hydrogen (secondary N) is 1. The van der Waals surface area contributed by atoms with Crippen LogP contribution in [0.15, 0.2) is 66.0 Å². The first-order valence-corrected chi connectivity index (χ1v) is 13.6. The Hall–Kier alpha value is -2.44. The Kier molecular flexibility index (Phi) is 7.45. The monoisotopic (exact) mass is 476 g/mol. The highest BCUT2D eigenvalue weighted by atomic mass is 32.2. The molecule has 1 aromatic heterocycles. The van der Waals surface area contributed by atoms with Crippen LogP contribution >= 0.6 is 11.8 Å². The zero-order valence-electron chi connectivity index (χ0n) is 20.2. The van der Waals surface area contributed by atoms with Crippen molar-refractivity contribution >= 4 is 17.4 Å². The van der Waals surface area contributed by atoms with Gasteiger partial charge in [-0.2, -0.15) is 0 Å². The summed E-state index contributed by atoms with van der Waals surface area (Å²) >= 11 is 1.84. The molecule has 0 radical (unpaired) electrons. The number of H-pyrrole nitrogens is 1. The summed E-state index contributed by atoms with van der Waals surface area (Å²) in [5, 5.41) is 1.03. The van der Waals surface area contributed by atoms with Crippen molar-refractivity contribution in [3.8, 4) is 17.0 Å². The minimum Gasteiger partial charge on any atom is -0.495 e. The number of nitrogens with zero attached hydrogens (tertiary/aromatic N) is 3. The molecule has 2 saturated heterocycles. The molecule has 34 heavy (non-hydrogen) atoms. The molecular formula is C28H36N4OS. The molecule has 2 fully saturated rings. The molecule has 2 aliphatic heterocycles. The number of para-hydroxylation sites is 2. The van der Waals surface area contributed by atoms with E-state index in [0.717, 1.165) is 35.4 Å². The summed E-state index contributed by atoms with van der Waals surface area (Å²) in [6, 6.07) is 18.9. The number of rotatable bonds is 8. The number of aromatic nitrogens is 2. The Morgan fingerprint density at radius 3 is 2.41 bits per heavy atom. The predicted molar refractivity (Wildman–Crippen MR) is 142 cm³/mol. The Morgan fingerprint density at radius 1 is 0.941 bits per heavy atom. The van der Waals surface area contributed by atoms with Gasteiger partial charge in [-0.05, 0) is 74.8 Å². The smallest absolute Gasteiger partial charge is 0.165 e. The van der Waals surface area contributed by atoms with Gasteiger partial charge in [0.2, 0.25) is 0 Å². The van der Waals surface area contributed by atoms with Crippen molar-refractivity contribution in [3.05, 3.63) is 60.8 Å². The van der Waals surface area contributed by atoms with E-state index in [-0.39, 0.29) is 0 Å². The fourth-order valence-electron chi connectivity index (χ4n) is 5.46. The third kappa shape index (κ3) is 5.44. The molecule has 2 aliphatic rings. The van der Waals surface area contributed by atoms with Crippen molar-refractivity contribution in [1.29, 1.82) is 0 Å². The summed E-state index contributed by atoms with van der Waals surface area (Å²) in [5.41, 5.74) is 4.09. The number of aromatic amines is 1. The van der Waals surface area contributed by atoms with Gasteiger partial charge < -0.3 is 19.5 Å². The zero-order valence-corrected chi connectivity index (χ0v) is 21.0. The summed E-state index contributed by atoms with van der Waals surface area (Å²) in [6.07, 6.45) is 8.45. The lowest BCUT2D eigenvalue weighted by Crippen LogP contribution is -2.47. The number of piperidine rings is 2. The van der Waals surface area contributed by atoms with Crippen molar-refractivity contribution < 1.29 is 4.74 Å². The molecule has 2 aromatic carbocycles. The number of methoxy groups -OCH3 is 1. The quantitative estimate of drug-likeness (QED) is 0.321. The Balaban J connectivity index is 1.02. The summed E-state index contributed by atoms with van der Waals surface area (Å²) in [6.45, 7) is 5.98. The normalized spacial score (nSPS) is 18.3. The van der Waals surface area contributed by atoms with Crippen LogP contribution < -0.4 is 9.64 Å². The number of imidazole rings is 1. The second-order valence-electron chi connectivity index (χ2n) is 9.67. The van der Waals surface area contributed by atoms with Crippen LogP contribution in [0.4, 0.5) is 5.69 Å². The molecule has 0 saturated carbocycles. The van der Waals surface area contributed by atoms with Gasteiger partial charge in [0.05, 0.1) is 24.7 Å². The van der Waals surface area contributed by atoms with Crippen molar-refractivity contribution in [2.45, 2.75) is 37.3 Å². The van der Waals surface area contributed by atoms with Gasteiger partial charge in [0.25, 0.3) is 0 Å². The zero-order chi connectivity index (χ0) is 23.2.